The van der Waals surface area contributed by atoms with E-state index in [1.807, 2.05) is 74.5 Å². The zero-order valence-corrected chi connectivity index (χ0v) is 17.6. The highest BCUT2D eigenvalue weighted by atomic mass is 16.4. The summed E-state index contributed by atoms with van der Waals surface area (Å²) in [4.78, 5) is 24.8. The third kappa shape index (κ3) is 4.67. The second-order valence-corrected chi connectivity index (χ2v) is 7.59. The molecule has 0 aliphatic carbocycles. The summed E-state index contributed by atoms with van der Waals surface area (Å²) in [6.07, 6.45) is 0. The van der Waals surface area contributed by atoms with E-state index >= 15 is 0 Å². The molecule has 1 amide bonds. The Hall–Kier alpha value is -3.86. The van der Waals surface area contributed by atoms with Gasteiger partial charge in [0.05, 0.1) is 5.56 Å². The van der Waals surface area contributed by atoms with Gasteiger partial charge >= 0.3 is 5.63 Å². The number of amides is 1. The summed E-state index contributed by atoms with van der Waals surface area (Å²) in [6.45, 7) is 4.87. The summed E-state index contributed by atoms with van der Waals surface area (Å²) in [5.74, 6) is -0.157. The summed E-state index contributed by atoms with van der Waals surface area (Å²) < 4.78 is 5.38. The highest BCUT2D eigenvalue weighted by Crippen LogP contribution is 2.23. The van der Waals surface area contributed by atoms with Crippen LogP contribution in [-0.4, -0.2) is 5.91 Å². The first kappa shape index (κ1) is 20.4. The molecule has 4 rings (SSSR count). The second kappa shape index (κ2) is 8.88. The van der Waals surface area contributed by atoms with Crippen molar-refractivity contribution in [2.75, 3.05) is 5.32 Å². The van der Waals surface area contributed by atoms with E-state index in [9.17, 15) is 9.59 Å². The van der Waals surface area contributed by atoms with Crippen LogP contribution in [0, 0.1) is 13.8 Å². The van der Waals surface area contributed by atoms with Crippen LogP contribution in [-0.2, 0) is 13.1 Å². The molecule has 0 atom stereocenters. The Labute approximate surface area is 180 Å². The van der Waals surface area contributed by atoms with E-state index in [4.69, 9.17) is 4.42 Å². The van der Waals surface area contributed by atoms with E-state index in [1.54, 1.807) is 6.07 Å². The molecule has 0 spiro atoms. The topological polar surface area (TPSA) is 71.3 Å². The lowest BCUT2D eigenvalue weighted by Gasteiger charge is -2.14. The first-order valence-corrected chi connectivity index (χ1v) is 10.2. The van der Waals surface area contributed by atoms with E-state index in [0.717, 1.165) is 27.6 Å². The van der Waals surface area contributed by atoms with Gasteiger partial charge in [-0.15, -0.1) is 0 Å². The predicted octanol–water partition coefficient (Wildman–Crippen LogP) is 4.95. The quantitative estimate of drug-likeness (QED) is 0.440. The number of para-hydroxylation sites is 1. The van der Waals surface area contributed by atoms with Crippen molar-refractivity contribution in [3.63, 3.8) is 0 Å². The van der Waals surface area contributed by atoms with Crippen molar-refractivity contribution in [1.29, 1.82) is 0 Å². The Morgan fingerprint density at radius 3 is 2.39 bits per heavy atom. The fourth-order valence-electron chi connectivity index (χ4n) is 3.53. The first-order chi connectivity index (χ1) is 15.0. The first-order valence-electron chi connectivity index (χ1n) is 10.2. The molecule has 0 bridgehead atoms. The van der Waals surface area contributed by atoms with E-state index in [0.29, 0.717) is 29.9 Å². The van der Waals surface area contributed by atoms with Crippen molar-refractivity contribution >= 4 is 22.6 Å². The van der Waals surface area contributed by atoms with Gasteiger partial charge in [0.2, 0.25) is 0 Å². The number of carbonyl (C=O) groups is 1. The molecule has 0 saturated carbocycles. The third-order valence-electron chi connectivity index (χ3n) is 5.38. The van der Waals surface area contributed by atoms with Crippen LogP contribution in [0.25, 0.3) is 11.0 Å². The molecular formula is C26H24N2O3. The van der Waals surface area contributed by atoms with Gasteiger partial charge in [-0.2, -0.15) is 0 Å². The lowest BCUT2D eigenvalue weighted by Crippen LogP contribution is -2.24. The lowest BCUT2D eigenvalue weighted by molar-refractivity contribution is 0.0951. The number of aryl methyl sites for hydroxylation is 2. The Bertz CT molecular complexity index is 1290. The minimum Gasteiger partial charge on any atom is -0.423 e. The Morgan fingerprint density at radius 1 is 0.871 bits per heavy atom. The van der Waals surface area contributed by atoms with Crippen molar-refractivity contribution in [2.24, 2.45) is 0 Å². The van der Waals surface area contributed by atoms with Crippen molar-refractivity contribution in [2.45, 2.75) is 26.9 Å². The molecule has 0 aliphatic heterocycles. The van der Waals surface area contributed by atoms with Crippen molar-refractivity contribution < 1.29 is 9.21 Å². The molecule has 4 aromatic rings. The van der Waals surface area contributed by atoms with Gasteiger partial charge in [-0.1, -0.05) is 42.5 Å². The highest BCUT2D eigenvalue weighted by Gasteiger charge is 2.12. The molecule has 2 N–H and O–H groups in total. The van der Waals surface area contributed by atoms with Crippen LogP contribution in [0.5, 0.6) is 0 Å². The lowest BCUT2D eigenvalue weighted by atomic mass is 10.0. The normalized spacial score (nSPS) is 10.8. The van der Waals surface area contributed by atoms with E-state index in [-0.39, 0.29) is 11.5 Å². The molecule has 0 fully saturated rings. The largest absolute Gasteiger partial charge is 0.423 e. The van der Waals surface area contributed by atoms with Gasteiger partial charge in [-0.3, -0.25) is 4.79 Å². The number of anilines is 1. The average Bonchev–Trinajstić information content (AvgIpc) is 2.78. The average molecular weight is 412 g/mol. The zero-order valence-electron chi connectivity index (χ0n) is 17.6. The Morgan fingerprint density at radius 2 is 1.58 bits per heavy atom. The molecule has 0 saturated heterocycles. The van der Waals surface area contributed by atoms with Crippen molar-refractivity contribution in [3.05, 3.63) is 111 Å². The standard InChI is InChI=1S/C26H24N2O3/c1-17-12-22-20(14-25(29)31-24(22)13-18(17)2)16-27-23-11-7-6-10-21(23)26(30)28-15-19-8-4-3-5-9-19/h3-14,27H,15-16H2,1-2H3,(H,28,30). The molecule has 156 valence electrons. The van der Waals surface area contributed by atoms with Gasteiger partial charge in [0, 0.05) is 30.2 Å². The zero-order chi connectivity index (χ0) is 21.8. The van der Waals surface area contributed by atoms with E-state index in [2.05, 4.69) is 10.6 Å². The van der Waals surface area contributed by atoms with Gasteiger partial charge in [0.1, 0.15) is 5.58 Å². The maximum atomic E-state index is 12.8. The number of hydrogen-bond acceptors (Lipinski definition) is 4. The minimum atomic E-state index is -0.388. The monoisotopic (exact) mass is 412 g/mol. The van der Waals surface area contributed by atoms with Gasteiger partial charge in [0.25, 0.3) is 5.91 Å². The van der Waals surface area contributed by atoms with Crippen molar-refractivity contribution in [3.8, 4) is 0 Å². The smallest absolute Gasteiger partial charge is 0.336 e. The Kier molecular flexibility index (Phi) is 5.85. The summed E-state index contributed by atoms with van der Waals surface area (Å²) in [5.41, 5.74) is 5.51. The van der Waals surface area contributed by atoms with E-state index in [1.165, 1.54) is 6.07 Å². The van der Waals surface area contributed by atoms with Crippen LogP contribution in [0.1, 0.15) is 32.6 Å². The molecule has 5 heteroatoms. The molecule has 5 nitrogen and oxygen atoms in total. The minimum absolute atomic E-state index is 0.157. The van der Waals surface area contributed by atoms with Gasteiger partial charge in [0.15, 0.2) is 0 Å². The molecule has 1 heterocycles. The van der Waals surface area contributed by atoms with Crippen LogP contribution in [0.2, 0.25) is 0 Å². The number of nitrogens with one attached hydrogen (secondary N) is 2. The van der Waals surface area contributed by atoms with Crippen LogP contribution in [0.3, 0.4) is 0 Å². The number of benzene rings is 3. The highest BCUT2D eigenvalue weighted by molar-refractivity contribution is 5.99. The van der Waals surface area contributed by atoms with Crippen LogP contribution >= 0.6 is 0 Å². The molecule has 0 unspecified atom stereocenters. The number of fused-ring (bicyclic) bond motifs is 1. The molecule has 31 heavy (non-hydrogen) atoms. The Balaban J connectivity index is 1.55. The maximum Gasteiger partial charge on any atom is 0.336 e. The summed E-state index contributed by atoms with van der Waals surface area (Å²) in [6, 6.07) is 22.6. The predicted molar refractivity (Wildman–Crippen MR) is 123 cm³/mol. The third-order valence-corrected chi connectivity index (χ3v) is 5.38. The van der Waals surface area contributed by atoms with Gasteiger partial charge < -0.3 is 15.1 Å². The van der Waals surface area contributed by atoms with Crippen LogP contribution in [0.4, 0.5) is 5.69 Å². The summed E-state index contributed by atoms with van der Waals surface area (Å²) in [5, 5.41) is 7.17. The number of hydrogen-bond donors (Lipinski definition) is 2. The second-order valence-electron chi connectivity index (χ2n) is 7.59. The molecule has 0 aliphatic rings. The molecule has 0 radical (unpaired) electrons. The molecule has 3 aromatic carbocycles. The van der Waals surface area contributed by atoms with Crippen LogP contribution < -0.4 is 16.3 Å². The molecule has 1 aromatic heterocycles. The fraction of sp³-hybridized carbons (Fsp3) is 0.154. The number of rotatable bonds is 6. The summed E-state index contributed by atoms with van der Waals surface area (Å²) in [7, 11) is 0. The maximum absolute atomic E-state index is 12.8. The SMILES string of the molecule is Cc1cc2oc(=O)cc(CNc3ccccc3C(=O)NCc3ccccc3)c2cc1C. The summed E-state index contributed by atoms with van der Waals surface area (Å²) >= 11 is 0. The van der Waals surface area contributed by atoms with Gasteiger partial charge in [-0.05, 0) is 60.4 Å². The molecular weight excluding hydrogens is 388 g/mol. The van der Waals surface area contributed by atoms with Crippen molar-refractivity contribution in [1.82, 2.24) is 5.32 Å². The van der Waals surface area contributed by atoms with Crippen LogP contribution in [0.15, 0.2) is 82.0 Å². The van der Waals surface area contributed by atoms with E-state index < -0.39 is 0 Å². The fourth-order valence-corrected chi connectivity index (χ4v) is 3.53. The number of carbonyl (C=O) groups excluding carboxylic acids is 1. The van der Waals surface area contributed by atoms with Gasteiger partial charge in [-0.25, -0.2) is 4.79 Å².